The number of hydrogen-bond acceptors (Lipinski definition) is 0. The number of rotatable bonds is 1. The molecule has 0 aliphatic rings. The Hall–Kier alpha value is -1.48. The molecule has 2 aromatic rings. The molecule has 16 heavy (non-hydrogen) atoms. The van der Waals surface area contributed by atoms with E-state index in [0.29, 0.717) is 5.56 Å². The number of hydrogen-bond donors (Lipinski definition) is 0. The number of benzene rings is 2. The van der Waals surface area contributed by atoms with Crippen LogP contribution in [-0.2, 0) is 0 Å². The molecule has 0 spiro atoms. The van der Waals surface area contributed by atoms with Gasteiger partial charge in [-0.05, 0) is 30.3 Å². The SMILES string of the molecule is Fc1[c]c(F)c(-c2ccc(F)cc2Cl)cc1. The molecule has 0 aliphatic heterocycles. The van der Waals surface area contributed by atoms with Crippen molar-refractivity contribution in [2.45, 2.75) is 0 Å². The van der Waals surface area contributed by atoms with Gasteiger partial charge in [-0.1, -0.05) is 11.6 Å². The minimum absolute atomic E-state index is 0.0684. The lowest BCUT2D eigenvalue weighted by Gasteiger charge is -2.05. The predicted molar refractivity (Wildman–Crippen MR) is 55.6 cm³/mol. The maximum atomic E-state index is 13.4. The first-order valence-electron chi connectivity index (χ1n) is 4.40. The van der Waals surface area contributed by atoms with Crippen molar-refractivity contribution >= 4 is 11.6 Å². The van der Waals surface area contributed by atoms with Crippen molar-refractivity contribution in [2.24, 2.45) is 0 Å². The lowest BCUT2D eigenvalue weighted by atomic mass is 10.1. The van der Waals surface area contributed by atoms with Crippen molar-refractivity contribution in [1.82, 2.24) is 0 Å². The summed E-state index contributed by atoms with van der Waals surface area (Å²) < 4.78 is 38.8. The first-order chi connectivity index (χ1) is 7.58. The molecule has 0 saturated carbocycles. The molecule has 0 atom stereocenters. The normalized spacial score (nSPS) is 10.5. The lowest BCUT2D eigenvalue weighted by molar-refractivity contribution is 0.581. The van der Waals surface area contributed by atoms with Crippen molar-refractivity contribution in [2.75, 3.05) is 0 Å². The van der Waals surface area contributed by atoms with Crippen LogP contribution in [0.15, 0.2) is 30.3 Å². The van der Waals surface area contributed by atoms with Crippen molar-refractivity contribution < 1.29 is 13.2 Å². The summed E-state index contributed by atoms with van der Waals surface area (Å²) in [6.45, 7) is 0. The molecule has 81 valence electrons. The highest BCUT2D eigenvalue weighted by Gasteiger charge is 2.10. The molecule has 0 nitrogen and oxygen atoms in total. The van der Waals surface area contributed by atoms with Crippen molar-refractivity contribution in [3.05, 3.63) is 58.9 Å². The van der Waals surface area contributed by atoms with Gasteiger partial charge in [0.2, 0.25) is 0 Å². The van der Waals surface area contributed by atoms with Crippen LogP contribution in [0.1, 0.15) is 0 Å². The van der Waals surface area contributed by atoms with Crippen molar-refractivity contribution in [3.8, 4) is 11.1 Å². The minimum Gasteiger partial charge on any atom is -0.207 e. The highest BCUT2D eigenvalue weighted by molar-refractivity contribution is 6.33. The molecule has 0 amide bonds. The van der Waals surface area contributed by atoms with E-state index in [4.69, 9.17) is 11.6 Å². The van der Waals surface area contributed by atoms with Crippen LogP contribution in [0.4, 0.5) is 13.2 Å². The van der Waals surface area contributed by atoms with Crippen LogP contribution in [0.3, 0.4) is 0 Å². The first kappa shape index (κ1) is 11.0. The van der Waals surface area contributed by atoms with Crippen LogP contribution in [0.25, 0.3) is 11.1 Å². The standard InChI is InChI=1S/C12H5ClF3/c13-11-5-7(14)1-3-9(11)10-4-2-8(15)6-12(10)16/h1-5H. The smallest absolute Gasteiger partial charge is 0.142 e. The molecule has 2 rings (SSSR count). The Morgan fingerprint density at radius 1 is 0.938 bits per heavy atom. The van der Waals surface area contributed by atoms with Gasteiger partial charge in [0.1, 0.15) is 17.5 Å². The van der Waals surface area contributed by atoms with E-state index in [9.17, 15) is 13.2 Å². The Morgan fingerprint density at radius 3 is 2.25 bits per heavy atom. The average Bonchev–Trinajstić information content (AvgIpc) is 2.19. The van der Waals surface area contributed by atoms with Crippen molar-refractivity contribution in [3.63, 3.8) is 0 Å². The van der Waals surface area contributed by atoms with Gasteiger partial charge in [0.05, 0.1) is 11.1 Å². The van der Waals surface area contributed by atoms with Gasteiger partial charge in [-0.2, -0.15) is 0 Å². The highest BCUT2D eigenvalue weighted by atomic mass is 35.5. The summed E-state index contributed by atoms with van der Waals surface area (Å²) >= 11 is 5.76. The second-order valence-electron chi connectivity index (χ2n) is 3.16. The maximum Gasteiger partial charge on any atom is 0.142 e. The third-order valence-electron chi connectivity index (χ3n) is 2.08. The van der Waals surface area contributed by atoms with E-state index < -0.39 is 17.5 Å². The third kappa shape index (κ3) is 2.04. The fraction of sp³-hybridized carbons (Fsp3) is 0. The molecule has 0 aromatic heterocycles. The number of halogens is 4. The first-order valence-corrected chi connectivity index (χ1v) is 4.78. The van der Waals surface area contributed by atoms with E-state index >= 15 is 0 Å². The van der Waals surface area contributed by atoms with Gasteiger partial charge in [-0.15, -0.1) is 0 Å². The molecule has 2 aromatic carbocycles. The summed E-state index contributed by atoms with van der Waals surface area (Å²) in [4.78, 5) is 0. The quantitative estimate of drug-likeness (QED) is 0.701. The fourth-order valence-corrected chi connectivity index (χ4v) is 1.63. The molecule has 0 N–H and O–H groups in total. The molecule has 1 radical (unpaired) electrons. The Kier molecular flexibility index (Phi) is 2.88. The van der Waals surface area contributed by atoms with Crippen LogP contribution < -0.4 is 0 Å². The van der Waals surface area contributed by atoms with Gasteiger partial charge in [0, 0.05) is 11.1 Å². The van der Waals surface area contributed by atoms with Gasteiger partial charge in [-0.25, -0.2) is 13.2 Å². The van der Waals surface area contributed by atoms with Gasteiger partial charge in [0.25, 0.3) is 0 Å². The van der Waals surface area contributed by atoms with Crippen LogP contribution in [0, 0.1) is 23.5 Å². The summed E-state index contributed by atoms with van der Waals surface area (Å²) in [5.41, 5.74) is 0.392. The topological polar surface area (TPSA) is 0 Å². The van der Waals surface area contributed by atoms with E-state index in [1.54, 1.807) is 0 Å². The van der Waals surface area contributed by atoms with Gasteiger partial charge < -0.3 is 0 Å². The zero-order valence-electron chi connectivity index (χ0n) is 7.90. The zero-order chi connectivity index (χ0) is 11.7. The van der Waals surface area contributed by atoms with E-state index in [2.05, 4.69) is 0 Å². The van der Waals surface area contributed by atoms with Crippen LogP contribution >= 0.6 is 11.6 Å². The molecular weight excluding hydrogens is 237 g/mol. The van der Waals surface area contributed by atoms with Crippen LogP contribution in [0.5, 0.6) is 0 Å². The second-order valence-corrected chi connectivity index (χ2v) is 3.57. The van der Waals surface area contributed by atoms with E-state index in [-0.39, 0.29) is 10.6 Å². The predicted octanol–water partition coefficient (Wildman–Crippen LogP) is 4.22. The van der Waals surface area contributed by atoms with Crippen molar-refractivity contribution in [1.29, 1.82) is 0 Å². The molecule has 0 heterocycles. The molecule has 0 aliphatic carbocycles. The summed E-state index contributed by atoms with van der Waals surface area (Å²) in [5, 5.41) is 0.0684. The Morgan fingerprint density at radius 2 is 1.62 bits per heavy atom. The van der Waals surface area contributed by atoms with Gasteiger partial charge in [-0.3, -0.25) is 0 Å². The Balaban J connectivity index is 2.59. The van der Waals surface area contributed by atoms with E-state index in [1.165, 1.54) is 12.1 Å². The minimum atomic E-state index is -0.853. The fourth-order valence-electron chi connectivity index (χ4n) is 1.36. The largest absolute Gasteiger partial charge is 0.207 e. The maximum absolute atomic E-state index is 13.4. The summed E-state index contributed by atoms with van der Waals surface area (Å²) in [6.07, 6.45) is 0. The molecule has 0 bridgehead atoms. The Bertz CT molecular complexity index is 488. The average molecular weight is 242 g/mol. The summed E-state index contributed by atoms with van der Waals surface area (Å²) in [7, 11) is 0. The van der Waals surface area contributed by atoms with E-state index in [1.807, 2.05) is 6.07 Å². The second kappa shape index (κ2) is 4.18. The Labute approximate surface area is 95.3 Å². The summed E-state index contributed by atoms with van der Waals surface area (Å²) in [5.74, 6) is -2.16. The molecule has 0 unspecified atom stereocenters. The summed E-state index contributed by atoms with van der Waals surface area (Å²) in [6, 6.07) is 7.76. The van der Waals surface area contributed by atoms with Crippen LogP contribution in [0.2, 0.25) is 5.02 Å². The molecular formula is C12H5ClF3. The molecule has 0 fully saturated rings. The lowest BCUT2D eigenvalue weighted by Crippen LogP contribution is -1.88. The monoisotopic (exact) mass is 241 g/mol. The van der Waals surface area contributed by atoms with E-state index in [0.717, 1.165) is 18.2 Å². The zero-order valence-corrected chi connectivity index (χ0v) is 8.65. The van der Waals surface area contributed by atoms with Gasteiger partial charge in [0.15, 0.2) is 0 Å². The highest BCUT2D eigenvalue weighted by Crippen LogP contribution is 2.30. The van der Waals surface area contributed by atoms with Gasteiger partial charge >= 0.3 is 0 Å². The van der Waals surface area contributed by atoms with Crippen LogP contribution in [-0.4, -0.2) is 0 Å². The third-order valence-corrected chi connectivity index (χ3v) is 2.40. The molecule has 4 heteroatoms. The molecule has 0 saturated heterocycles.